The lowest BCUT2D eigenvalue weighted by molar-refractivity contribution is 0.595. The number of benzene rings is 1. The summed E-state index contributed by atoms with van der Waals surface area (Å²) in [7, 11) is -3.66. The average Bonchev–Trinajstić information content (AvgIpc) is 3.21. The molecule has 0 spiro atoms. The van der Waals surface area contributed by atoms with Gasteiger partial charge in [0, 0.05) is 10.8 Å². The van der Waals surface area contributed by atoms with Crippen molar-refractivity contribution in [2.75, 3.05) is 4.31 Å². The van der Waals surface area contributed by atoms with Crippen LogP contribution in [-0.2, 0) is 16.4 Å². The molecule has 0 N–H and O–H groups in total. The van der Waals surface area contributed by atoms with E-state index in [4.69, 9.17) is 0 Å². The molecule has 0 unspecified atom stereocenters. The number of thiophene rings is 2. The molecular weight excluding hydrogens is 358 g/mol. The van der Waals surface area contributed by atoms with Gasteiger partial charge in [-0.2, -0.15) is 22.7 Å². The van der Waals surface area contributed by atoms with Crippen molar-refractivity contribution in [3.05, 3.63) is 63.0 Å². The summed E-state index contributed by atoms with van der Waals surface area (Å²) in [6, 6.07) is 9.31. The van der Waals surface area contributed by atoms with Crippen LogP contribution in [0, 0.1) is 6.92 Å². The van der Waals surface area contributed by atoms with Crippen LogP contribution in [0.2, 0.25) is 0 Å². The van der Waals surface area contributed by atoms with Crippen molar-refractivity contribution in [2.45, 2.75) is 31.6 Å². The predicted octanol–water partition coefficient (Wildman–Crippen LogP) is 5.60. The van der Waals surface area contributed by atoms with E-state index in [9.17, 15) is 8.42 Å². The molecule has 2 aromatic heterocycles. The van der Waals surface area contributed by atoms with Crippen LogP contribution in [0.5, 0.6) is 0 Å². The van der Waals surface area contributed by atoms with Gasteiger partial charge >= 0.3 is 0 Å². The maximum Gasteiger partial charge on any atom is 0.268 e. The zero-order valence-electron chi connectivity index (χ0n) is 13.6. The Morgan fingerprint density at radius 2 is 1.62 bits per heavy atom. The Kier molecular flexibility index (Phi) is 5.08. The Morgan fingerprint density at radius 1 is 1.00 bits per heavy atom. The van der Waals surface area contributed by atoms with Crippen molar-refractivity contribution in [1.29, 1.82) is 0 Å². The molecule has 24 heavy (non-hydrogen) atoms. The minimum absolute atomic E-state index is 0.361. The van der Waals surface area contributed by atoms with Crippen LogP contribution in [0.4, 0.5) is 11.4 Å². The molecule has 0 bridgehead atoms. The van der Waals surface area contributed by atoms with Gasteiger partial charge in [0.15, 0.2) is 0 Å². The molecule has 0 saturated carbocycles. The Hall–Kier alpha value is -1.63. The first-order valence-electron chi connectivity index (χ1n) is 7.73. The molecule has 126 valence electrons. The second kappa shape index (κ2) is 7.09. The zero-order chi connectivity index (χ0) is 17.2. The maximum absolute atomic E-state index is 13.4. The van der Waals surface area contributed by atoms with Crippen LogP contribution >= 0.6 is 22.7 Å². The summed E-state index contributed by atoms with van der Waals surface area (Å²) in [6.45, 7) is 3.99. The largest absolute Gasteiger partial charge is 0.268 e. The molecule has 0 aliphatic carbocycles. The van der Waals surface area contributed by atoms with E-state index in [-0.39, 0.29) is 0 Å². The monoisotopic (exact) mass is 377 g/mol. The Morgan fingerprint density at radius 3 is 2.08 bits per heavy atom. The number of rotatable bonds is 6. The van der Waals surface area contributed by atoms with Gasteiger partial charge < -0.3 is 0 Å². The summed E-state index contributed by atoms with van der Waals surface area (Å²) >= 11 is 2.97. The zero-order valence-corrected chi connectivity index (χ0v) is 16.0. The molecule has 0 aliphatic heterocycles. The van der Waals surface area contributed by atoms with Gasteiger partial charge in [0.1, 0.15) is 0 Å². The fraction of sp³-hybridized carbons (Fsp3) is 0.222. The van der Waals surface area contributed by atoms with Crippen molar-refractivity contribution in [2.24, 2.45) is 0 Å². The molecule has 1 aromatic carbocycles. The second-order valence-corrected chi connectivity index (χ2v) is 8.90. The Balaban J connectivity index is 2.10. The van der Waals surface area contributed by atoms with E-state index >= 15 is 0 Å². The summed E-state index contributed by atoms with van der Waals surface area (Å²) in [5.41, 5.74) is 3.31. The third-order valence-corrected chi connectivity index (χ3v) is 7.04. The fourth-order valence-electron chi connectivity index (χ4n) is 2.72. The van der Waals surface area contributed by atoms with Crippen molar-refractivity contribution in [3.63, 3.8) is 0 Å². The summed E-state index contributed by atoms with van der Waals surface area (Å²) < 4.78 is 28.1. The molecule has 6 heteroatoms. The summed E-state index contributed by atoms with van der Waals surface area (Å²) in [5.74, 6) is 0. The van der Waals surface area contributed by atoms with E-state index in [0.29, 0.717) is 16.3 Å². The molecule has 2 heterocycles. The molecule has 0 fully saturated rings. The van der Waals surface area contributed by atoms with E-state index in [0.717, 1.165) is 18.4 Å². The normalized spacial score (nSPS) is 11.6. The molecular formula is C18H19NO2S3. The van der Waals surface area contributed by atoms with E-state index in [2.05, 4.69) is 6.92 Å². The fourth-order valence-corrected chi connectivity index (χ4v) is 5.77. The van der Waals surface area contributed by atoms with Gasteiger partial charge in [-0.1, -0.05) is 25.5 Å². The van der Waals surface area contributed by atoms with Crippen LogP contribution in [0.25, 0.3) is 0 Å². The Labute approximate surface area is 151 Å². The quantitative estimate of drug-likeness (QED) is 0.561. The highest BCUT2D eigenvalue weighted by Crippen LogP contribution is 2.35. The highest BCUT2D eigenvalue weighted by atomic mass is 32.2. The van der Waals surface area contributed by atoms with Gasteiger partial charge in [-0.25, -0.2) is 12.7 Å². The smallest absolute Gasteiger partial charge is 0.233 e. The Bertz CT molecular complexity index is 864. The summed E-state index contributed by atoms with van der Waals surface area (Å²) in [4.78, 5) is 0.361. The van der Waals surface area contributed by atoms with E-state index < -0.39 is 10.0 Å². The number of hydrogen-bond donors (Lipinski definition) is 0. The van der Waals surface area contributed by atoms with Crippen LogP contribution in [0.15, 0.2) is 56.7 Å². The van der Waals surface area contributed by atoms with Gasteiger partial charge in [-0.05, 0) is 53.4 Å². The lowest BCUT2D eigenvalue weighted by atomic mass is 10.1. The van der Waals surface area contributed by atoms with Crippen LogP contribution < -0.4 is 4.31 Å². The first-order valence-corrected chi connectivity index (χ1v) is 11.1. The third kappa shape index (κ3) is 3.27. The first-order chi connectivity index (χ1) is 11.5. The summed E-state index contributed by atoms with van der Waals surface area (Å²) in [5, 5.41) is 7.49. The van der Waals surface area contributed by atoms with Gasteiger partial charge in [0.05, 0.1) is 16.3 Å². The van der Waals surface area contributed by atoms with Gasteiger partial charge in [0.25, 0.3) is 10.0 Å². The maximum atomic E-state index is 13.4. The van der Waals surface area contributed by atoms with Crippen LogP contribution in [0.3, 0.4) is 0 Å². The molecule has 0 radical (unpaired) electrons. The standard InChI is InChI=1S/C18H19NO2S3/c1-3-4-15-5-6-18(14(2)11-15)24(20,21)19(16-7-9-22-12-16)17-8-10-23-13-17/h5-13H,3-4H2,1-2H3. The first kappa shape index (κ1) is 17.2. The van der Waals surface area contributed by atoms with Gasteiger partial charge in [0.2, 0.25) is 0 Å². The molecule has 0 amide bonds. The molecule has 3 nitrogen and oxygen atoms in total. The third-order valence-electron chi connectivity index (χ3n) is 3.78. The van der Waals surface area contributed by atoms with E-state index in [1.165, 1.54) is 32.5 Å². The lowest BCUT2D eigenvalue weighted by Crippen LogP contribution is -2.26. The van der Waals surface area contributed by atoms with Crippen molar-refractivity contribution in [1.82, 2.24) is 0 Å². The molecule has 3 aromatic rings. The average molecular weight is 378 g/mol. The number of aryl methyl sites for hydroxylation is 2. The number of hydrogen-bond acceptors (Lipinski definition) is 4. The number of sulfonamides is 1. The lowest BCUT2D eigenvalue weighted by Gasteiger charge is -2.23. The highest BCUT2D eigenvalue weighted by molar-refractivity contribution is 7.93. The van der Waals surface area contributed by atoms with Crippen LogP contribution in [0.1, 0.15) is 24.5 Å². The highest BCUT2D eigenvalue weighted by Gasteiger charge is 2.28. The topological polar surface area (TPSA) is 37.4 Å². The van der Waals surface area contributed by atoms with Crippen molar-refractivity contribution < 1.29 is 8.42 Å². The minimum atomic E-state index is -3.66. The second-order valence-electron chi connectivity index (χ2n) is 5.58. The number of nitrogens with zero attached hydrogens (tertiary/aromatic N) is 1. The van der Waals surface area contributed by atoms with Crippen molar-refractivity contribution >= 4 is 44.1 Å². The molecule has 0 aliphatic rings. The molecule has 3 rings (SSSR count). The van der Waals surface area contributed by atoms with Gasteiger partial charge in [-0.15, -0.1) is 0 Å². The molecule has 0 saturated heterocycles. The van der Waals surface area contributed by atoms with Crippen molar-refractivity contribution in [3.8, 4) is 0 Å². The van der Waals surface area contributed by atoms with Crippen LogP contribution in [-0.4, -0.2) is 8.42 Å². The minimum Gasteiger partial charge on any atom is -0.233 e. The van der Waals surface area contributed by atoms with E-state index in [1.807, 2.05) is 52.7 Å². The SMILES string of the molecule is CCCc1ccc(S(=O)(=O)N(c2ccsc2)c2ccsc2)c(C)c1. The van der Waals surface area contributed by atoms with E-state index in [1.54, 1.807) is 6.07 Å². The summed E-state index contributed by atoms with van der Waals surface area (Å²) in [6.07, 6.45) is 2.00. The number of anilines is 2. The molecule has 0 atom stereocenters. The van der Waals surface area contributed by atoms with Gasteiger partial charge in [-0.3, -0.25) is 0 Å². The predicted molar refractivity (Wildman–Crippen MR) is 103 cm³/mol.